The van der Waals surface area contributed by atoms with Gasteiger partial charge in [0, 0.05) is 35.7 Å². The Morgan fingerprint density at radius 3 is 2.63 bits per heavy atom. The molecule has 2 atom stereocenters. The third-order valence-corrected chi connectivity index (χ3v) is 6.58. The van der Waals surface area contributed by atoms with Gasteiger partial charge in [0.05, 0.1) is 12.1 Å². The van der Waals surface area contributed by atoms with Crippen molar-refractivity contribution in [1.29, 1.82) is 0 Å². The molecule has 5 nitrogen and oxygen atoms in total. The molecule has 2 aromatic carbocycles. The number of carbonyl (C=O) groups is 1. The maximum Gasteiger partial charge on any atom is 0.312 e. The molecule has 1 aromatic heterocycles. The molecule has 1 heterocycles. The Balaban J connectivity index is 1.53. The van der Waals surface area contributed by atoms with Gasteiger partial charge in [-0.3, -0.25) is 9.79 Å². The van der Waals surface area contributed by atoms with E-state index in [2.05, 4.69) is 48.0 Å². The first-order valence-electron chi connectivity index (χ1n) is 11.7. The van der Waals surface area contributed by atoms with E-state index in [9.17, 15) is 9.90 Å². The Morgan fingerprint density at radius 2 is 1.97 bits per heavy atom. The van der Waals surface area contributed by atoms with Crippen molar-refractivity contribution < 1.29 is 14.6 Å². The van der Waals surface area contributed by atoms with Crippen LogP contribution in [0.1, 0.15) is 47.2 Å². The lowest BCUT2D eigenvalue weighted by molar-refractivity contribution is -0.139. The highest BCUT2D eigenvalue weighted by Crippen LogP contribution is 2.32. The summed E-state index contributed by atoms with van der Waals surface area (Å²) >= 11 is 1.52. The van der Waals surface area contributed by atoms with Gasteiger partial charge in [0.25, 0.3) is 0 Å². The second kappa shape index (κ2) is 11.7. The Hall–Kier alpha value is -3.53. The Kier molecular flexibility index (Phi) is 8.25. The summed E-state index contributed by atoms with van der Waals surface area (Å²) in [5, 5.41) is 11.8. The van der Waals surface area contributed by atoms with Gasteiger partial charge in [-0.15, -0.1) is 11.3 Å². The SMILES string of the molecule is CCOCC(CN=C1C=C(c2ccc(C#Cc3cscn3)cc2)CC1C(=O)O)c1ccc(C)cc1. The van der Waals surface area contributed by atoms with E-state index in [0.717, 1.165) is 28.0 Å². The second-order valence-electron chi connectivity index (χ2n) is 8.50. The summed E-state index contributed by atoms with van der Waals surface area (Å²) in [7, 11) is 0. The molecule has 0 fully saturated rings. The average molecular weight is 485 g/mol. The first-order valence-corrected chi connectivity index (χ1v) is 12.6. The number of thiazole rings is 1. The van der Waals surface area contributed by atoms with Gasteiger partial charge >= 0.3 is 5.97 Å². The van der Waals surface area contributed by atoms with Gasteiger partial charge in [0.1, 0.15) is 11.6 Å². The first kappa shape index (κ1) is 24.6. The summed E-state index contributed by atoms with van der Waals surface area (Å²) in [5.41, 5.74) is 8.35. The highest BCUT2D eigenvalue weighted by atomic mass is 32.1. The largest absolute Gasteiger partial charge is 0.481 e. The van der Waals surface area contributed by atoms with E-state index in [1.165, 1.54) is 16.9 Å². The van der Waals surface area contributed by atoms with Crippen LogP contribution in [0.3, 0.4) is 0 Å². The van der Waals surface area contributed by atoms with Crippen LogP contribution in [0, 0.1) is 24.7 Å². The van der Waals surface area contributed by atoms with Crippen LogP contribution in [0.2, 0.25) is 0 Å². The topological polar surface area (TPSA) is 71.8 Å². The molecule has 1 N–H and O–H groups in total. The molecule has 1 aliphatic rings. The van der Waals surface area contributed by atoms with E-state index in [-0.39, 0.29) is 5.92 Å². The van der Waals surface area contributed by atoms with Crippen molar-refractivity contribution in [3.8, 4) is 11.8 Å². The van der Waals surface area contributed by atoms with E-state index < -0.39 is 11.9 Å². The Bertz CT molecular complexity index is 1260. The number of nitrogens with zero attached hydrogens (tertiary/aromatic N) is 2. The van der Waals surface area contributed by atoms with Crippen molar-refractivity contribution in [2.75, 3.05) is 19.8 Å². The highest BCUT2D eigenvalue weighted by Gasteiger charge is 2.30. The normalized spacial score (nSPS) is 17.0. The Morgan fingerprint density at radius 1 is 1.20 bits per heavy atom. The number of benzene rings is 2. The van der Waals surface area contributed by atoms with Crippen LogP contribution in [-0.2, 0) is 9.53 Å². The lowest BCUT2D eigenvalue weighted by Crippen LogP contribution is -2.20. The molecule has 3 aromatic rings. The number of carboxylic acid groups (broad SMARTS) is 1. The number of aromatic nitrogens is 1. The molecule has 0 aliphatic heterocycles. The monoisotopic (exact) mass is 484 g/mol. The molecule has 6 heteroatoms. The minimum Gasteiger partial charge on any atom is -0.481 e. The number of aliphatic carboxylic acids is 1. The lowest BCUT2D eigenvalue weighted by Gasteiger charge is -2.16. The number of allylic oxidation sites excluding steroid dienone is 2. The zero-order valence-corrected chi connectivity index (χ0v) is 20.7. The predicted molar refractivity (Wildman–Crippen MR) is 141 cm³/mol. The van der Waals surface area contributed by atoms with Crippen molar-refractivity contribution in [3.05, 3.63) is 93.4 Å². The predicted octanol–water partition coefficient (Wildman–Crippen LogP) is 5.60. The van der Waals surface area contributed by atoms with E-state index in [1.54, 1.807) is 5.51 Å². The smallest absolute Gasteiger partial charge is 0.312 e. The second-order valence-corrected chi connectivity index (χ2v) is 9.22. The molecule has 1 aliphatic carbocycles. The molecule has 2 unspecified atom stereocenters. The van der Waals surface area contributed by atoms with Crippen molar-refractivity contribution in [1.82, 2.24) is 4.98 Å². The van der Waals surface area contributed by atoms with E-state index in [4.69, 9.17) is 9.73 Å². The van der Waals surface area contributed by atoms with Gasteiger partial charge in [-0.25, -0.2) is 4.98 Å². The molecular weight excluding hydrogens is 456 g/mol. The number of aryl methyl sites for hydroxylation is 1. The van der Waals surface area contributed by atoms with Gasteiger partial charge < -0.3 is 9.84 Å². The van der Waals surface area contributed by atoms with Crippen molar-refractivity contribution >= 4 is 28.6 Å². The standard InChI is InChI=1S/C29H28N2O3S/c1-3-34-17-25(23-9-4-20(2)5-10-23)16-30-28-15-24(14-27(28)29(32)33)22-11-6-21(7-12-22)8-13-26-18-35-19-31-26/h4-7,9-12,15,18-19,25,27H,3,14,16-17H2,1-2H3,(H,32,33). The van der Waals surface area contributed by atoms with Crippen LogP contribution in [0.25, 0.3) is 5.57 Å². The summed E-state index contributed by atoms with van der Waals surface area (Å²) in [4.78, 5) is 21.0. The Labute approximate surface area is 210 Å². The van der Waals surface area contributed by atoms with Crippen molar-refractivity contribution in [2.45, 2.75) is 26.2 Å². The molecule has 0 amide bonds. The molecule has 178 valence electrons. The average Bonchev–Trinajstić information content (AvgIpc) is 3.54. The summed E-state index contributed by atoms with van der Waals surface area (Å²) < 4.78 is 5.70. The van der Waals surface area contributed by atoms with Gasteiger partial charge in [0.15, 0.2) is 0 Å². The van der Waals surface area contributed by atoms with Gasteiger partial charge in [-0.05, 0) is 61.1 Å². The maximum absolute atomic E-state index is 12.0. The van der Waals surface area contributed by atoms with E-state index in [0.29, 0.717) is 31.9 Å². The lowest BCUT2D eigenvalue weighted by atomic mass is 9.98. The van der Waals surface area contributed by atoms with Crippen molar-refractivity contribution in [2.24, 2.45) is 10.9 Å². The zero-order chi connectivity index (χ0) is 24.6. The van der Waals surface area contributed by atoms with Crippen LogP contribution in [0.5, 0.6) is 0 Å². The molecule has 0 radical (unpaired) electrons. The molecule has 0 saturated heterocycles. The molecule has 35 heavy (non-hydrogen) atoms. The van der Waals surface area contributed by atoms with Crippen LogP contribution in [0.15, 0.2) is 70.5 Å². The minimum absolute atomic E-state index is 0.0746. The van der Waals surface area contributed by atoms with Crippen molar-refractivity contribution in [3.63, 3.8) is 0 Å². The maximum atomic E-state index is 12.0. The van der Waals surface area contributed by atoms with Crippen LogP contribution in [-0.4, -0.2) is 41.5 Å². The molecule has 4 rings (SSSR count). The fourth-order valence-electron chi connectivity index (χ4n) is 3.98. The fraction of sp³-hybridized carbons (Fsp3) is 0.276. The minimum atomic E-state index is -0.850. The quantitative estimate of drug-likeness (QED) is 0.423. The van der Waals surface area contributed by atoms with E-state index >= 15 is 0 Å². The van der Waals surface area contributed by atoms with Gasteiger partial charge in [0.2, 0.25) is 0 Å². The highest BCUT2D eigenvalue weighted by molar-refractivity contribution is 7.07. The van der Waals surface area contributed by atoms with Gasteiger partial charge in [-0.1, -0.05) is 47.9 Å². The number of aliphatic imine (C=N–C) groups is 1. The summed E-state index contributed by atoms with van der Waals surface area (Å²) in [6.07, 6.45) is 2.36. The number of ether oxygens (including phenoxy) is 1. The van der Waals surface area contributed by atoms with Crippen LogP contribution < -0.4 is 0 Å². The number of hydrogen-bond donors (Lipinski definition) is 1. The summed E-state index contributed by atoms with van der Waals surface area (Å²) in [5.74, 6) is 4.74. The summed E-state index contributed by atoms with van der Waals surface area (Å²) in [6, 6.07) is 16.3. The molecule has 0 spiro atoms. The third-order valence-electron chi connectivity index (χ3n) is 5.99. The van der Waals surface area contributed by atoms with Crippen LogP contribution >= 0.6 is 11.3 Å². The first-order chi connectivity index (χ1) is 17.0. The zero-order valence-electron chi connectivity index (χ0n) is 19.9. The number of hydrogen-bond acceptors (Lipinski definition) is 5. The van der Waals surface area contributed by atoms with E-state index in [1.807, 2.05) is 42.6 Å². The molecular formula is C29H28N2O3S. The van der Waals surface area contributed by atoms with Crippen LogP contribution in [0.4, 0.5) is 0 Å². The molecule has 0 saturated carbocycles. The number of carboxylic acids is 1. The summed E-state index contributed by atoms with van der Waals surface area (Å²) in [6.45, 7) is 5.69. The molecule has 0 bridgehead atoms. The number of rotatable bonds is 8. The third kappa shape index (κ3) is 6.54. The fourth-order valence-corrected chi connectivity index (χ4v) is 4.46. The van der Waals surface area contributed by atoms with Gasteiger partial charge in [-0.2, -0.15) is 0 Å².